The molecule has 3 aromatic rings. The minimum atomic E-state index is -0.487. The van der Waals surface area contributed by atoms with Crippen molar-refractivity contribution in [2.45, 2.75) is 30.7 Å². The minimum absolute atomic E-state index is 0.340. The quantitative estimate of drug-likeness (QED) is 0.662. The van der Waals surface area contributed by atoms with Gasteiger partial charge < -0.3 is 15.2 Å². The lowest BCUT2D eigenvalue weighted by Crippen LogP contribution is -2.31. The Kier molecular flexibility index (Phi) is 4.58. The fraction of sp³-hybridized carbons (Fsp3) is 0.280. The van der Waals surface area contributed by atoms with Gasteiger partial charge >= 0.3 is 0 Å². The number of fused-ring (bicyclic) bond motifs is 1. The lowest BCUT2D eigenvalue weighted by molar-refractivity contribution is 0.0994. The van der Waals surface area contributed by atoms with Crippen LogP contribution < -0.4 is 15.2 Å². The van der Waals surface area contributed by atoms with Gasteiger partial charge in [0.05, 0.1) is 20.3 Å². The summed E-state index contributed by atoms with van der Waals surface area (Å²) in [7, 11) is 3.28. The lowest BCUT2D eigenvalue weighted by atomic mass is 9.68. The predicted octanol–water partition coefficient (Wildman–Crippen LogP) is 3.89. The first-order valence-electron chi connectivity index (χ1n) is 10.5. The zero-order chi connectivity index (χ0) is 21.6. The Morgan fingerprint density at radius 3 is 2.45 bits per heavy atom. The molecule has 1 unspecified atom stereocenters. The van der Waals surface area contributed by atoms with Crippen LogP contribution in [0.2, 0.25) is 0 Å². The van der Waals surface area contributed by atoms with E-state index in [1.807, 2.05) is 41.1 Å². The molecule has 0 aliphatic heterocycles. The van der Waals surface area contributed by atoms with Crippen LogP contribution in [0.3, 0.4) is 0 Å². The molecule has 1 atom stereocenters. The van der Waals surface area contributed by atoms with E-state index in [1.54, 1.807) is 14.2 Å². The lowest BCUT2D eigenvalue weighted by Gasteiger charge is -2.35. The summed E-state index contributed by atoms with van der Waals surface area (Å²) in [5.74, 6) is 0.885. The van der Waals surface area contributed by atoms with Gasteiger partial charge in [-0.15, -0.1) is 0 Å². The van der Waals surface area contributed by atoms with Crippen LogP contribution in [0.4, 0.5) is 0 Å². The van der Waals surface area contributed by atoms with Crippen molar-refractivity contribution in [2.24, 2.45) is 5.73 Å². The van der Waals surface area contributed by atoms with Crippen LogP contribution in [-0.4, -0.2) is 29.9 Å². The molecule has 1 fully saturated rings. The Morgan fingerprint density at radius 2 is 1.81 bits per heavy atom. The molecule has 6 heteroatoms. The molecular formula is C25H25N3O3. The van der Waals surface area contributed by atoms with Crippen molar-refractivity contribution in [2.75, 3.05) is 14.2 Å². The topological polar surface area (TPSA) is 79.4 Å². The number of methoxy groups -OCH3 is 2. The second-order valence-corrected chi connectivity index (χ2v) is 8.17. The highest BCUT2D eigenvalue weighted by atomic mass is 16.5. The van der Waals surface area contributed by atoms with Crippen LogP contribution in [0.25, 0.3) is 6.08 Å². The van der Waals surface area contributed by atoms with Gasteiger partial charge in [-0.1, -0.05) is 48.6 Å². The molecule has 0 saturated heterocycles. The molecule has 0 spiro atoms. The Morgan fingerprint density at radius 1 is 1.06 bits per heavy atom. The molecule has 0 radical (unpaired) electrons. The molecular weight excluding hydrogens is 390 g/mol. The first kappa shape index (κ1) is 19.4. The first-order valence-corrected chi connectivity index (χ1v) is 10.5. The number of primary amides is 1. The zero-order valence-corrected chi connectivity index (χ0v) is 17.7. The van der Waals surface area contributed by atoms with E-state index in [9.17, 15) is 4.79 Å². The zero-order valence-electron chi connectivity index (χ0n) is 17.7. The van der Waals surface area contributed by atoms with Gasteiger partial charge in [-0.3, -0.25) is 9.48 Å². The van der Waals surface area contributed by atoms with E-state index >= 15 is 0 Å². The van der Waals surface area contributed by atoms with Crippen molar-refractivity contribution < 1.29 is 14.3 Å². The second-order valence-electron chi connectivity index (χ2n) is 8.17. The SMILES string of the molecule is COc1ccc(C2(c3ccccc3)C=Cc3c(C(N)=O)nn(C4CC4)c3C2)cc1OC. The summed E-state index contributed by atoms with van der Waals surface area (Å²) in [6.07, 6.45) is 7.00. The molecule has 1 saturated carbocycles. The molecule has 1 heterocycles. The smallest absolute Gasteiger partial charge is 0.269 e. The average molecular weight is 415 g/mol. The molecule has 2 N–H and O–H groups in total. The molecule has 5 rings (SSSR count). The van der Waals surface area contributed by atoms with Gasteiger partial charge in [-0.25, -0.2) is 0 Å². The van der Waals surface area contributed by atoms with E-state index in [0.29, 0.717) is 29.7 Å². The molecule has 2 aromatic carbocycles. The van der Waals surface area contributed by atoms with E-state index in [0.717, 1.165) is 35.2 Å². The van der Waals surface area contributed by atoms with Gasteiger partial charge in [0.15, 0.2) is 17.2 Å². The molecule has 6 nitrogen and oxygen atoms in total. The number of carbonyl (C=O) groups is 1. The molecule has 2 aliphatic carbocycles. The highest BCUT2D eigenvalue weighted by Gasteiger charge is 2.40. The van der Waals surface area contributed by atoms with Gasteiger partial charge in [0.1, 0.15) is 0 Å². The molecule has 31 heavy (non-hydrogen) atoms. The number of amides is 1. The number of hydrogen-bond donors (Lipinski definition) is 1. The van der Waals surface area contributed by atoms with Gasteiger partial charge in [-0.2, -0.15) is 5.10 Å². The normalized spacial score (nSPS) is 19.7. The first-order chi connectivity index (χ1) is 15.1. The van der Waals surface area contributed by atoms with Gasteiger partial charge in [-0.05, 0) is 36.1 Å². The van der Waals surface area contributed by atoms with Crippen molar-refractivity contribution in [3.8, 4) is 11.5 Å². The molecule has 1 aromatic heterocycles. The fourth-order valence-corrected chi connectivity index (χ4v) is 4.60. The van der Waals surface area contributed by atoms with Crippen LogP contribution in [0.1, 0.15) is 51.8 Å². The van der Waals surface area contributed by atoms with Gasteiger partial charge in [0.25, 0.3) is 5.91 Å². The largest absolute Gasteiger partial charge is 0.493 e. The van der Waals surface area contributed by atoms with Crippen LogP contribution >= 0.6 is 0 Å². The molecule has 1 amide bonds. The van der Waals surface area contributed by atoms with E-state index in [2.05, 4.69) is 29.4 Å². The maximum absolute atomic E-state index is 12.1. The number of nitrogens with zero attached hydrogens (tertiary/aromatic N) is 2. The third-order valence-corrected chi connectivity index (χ3v) is 6.34. The number of hydrogen-bond acceptors (Lipinski definition) is 4. The highest BCUT2D eigenvalue weighted by Crippen LogP contribution is 2.46. The summed E-state index contributed by atoms with van der Waals surface area (Å²) >= 11 is 0. The standard InChI is InChI=1S/C25H25N3O3/c1-30-21-11-8-17(14-22(21)31-2)25(16-6-4-3-5-7-16)13-12-19-20(15-25)28(18-9-10-18)27-23(19)24(26)29/h3-8,11-14,18H,9-10,15H2,1-2H3,(H2,26,29). The summed E-state index contributed by atoms with van der Waals surface area (Å²) in [6, 6.07) is 16.8. The van der Waals surface area contributed by atoms with Crippen molar-refractivity contribution in [3.63, 3.8) is 0 Å². The Balaban J connectivity index is 1.72. The molecule has 2 aliphatic rings. The average Bonchev–Trinajstić information content (AvgIpc) is 3.58. The summed E-state index contributed by atoms with van der Waals surface area (Å²) < 4.78 is 13.1. The maximum Gasteiger partial charge on any atom is 0.269 e. The summed E-state index contributed by atoms with van der Waals surface area (Å²) in [6.45, 7) is 0. The number of allylic oxidation sites excluding steroid dienone is 1. The molecule has 158 valence electrons. The summed E-state index contributed by atoms with van der Waals surface area (Å²) in [4.78, 5) is 12.1. The van der Waals surface area contributed by atoms with Crippen LogP contribution in [0.15, 0.2) is 54.6 Å². The maximum atomic E-state index is 12.1. The third-order valence-electron chi connectivity index (χ3n) is 6.34. The van der Waals surface area contributed by atoms with E-state index in [1.165, 1.54) is 0 Å². The molecule has 0 bridgehead atoms. The number of nitrogens with two attached hydrogens (primary N) is 1. The second kappa shape index (κ2) is 7.30. The monoisotopic (exact) mass is 415 g/mol. The van der Waals surface area contributed by atoms with Crippen LogP contribution in [-0.2, 0) is 11.8 Å². The van der Waals surface area contributed by atoms with E-state index < -0.39 is 11.3 Å². The van der Waals surface area contributed by atoms with Crippen molar-refractivity contribution in [1.29, 1.82) is 0 Å². The number of carbonyl (C=O) groups excluding carboxylic acids is 1. The summed E-state index contributed by atoms with van der Waals surface area (Å²) in [5.41, 5.74) is 9.71. The van der Waals surface area contributed by atoms with Crippen LogP contribution in [0, 0.1) is 0 Å². The highest BCUT2D eigenvalue weighted by molar-refractivity contribution is 5.95. The van der Waals surface area contributed by atoms with E-state index in [-0.39, 0.29) is 0 Å². The summed E-state index contributed by atoms with van der Waals surface area (Å²) in [5, 5.41) is 4.61. The number of aromatic nitrogens is 2. The Labute approximate surface area is 181 Å². The minimum Gasteiger partial charge on any atom is -0.493 e. The fourth-order valence-electron chi connectivity index (χ4n) is 4.60. The number of benzene rings is 2. The van der Waals surface area contributed by atoms with Crippen molar-refractivity contribution in [1.82, 2.24) is 9.78 Å². The number of rotatable bonds is 6. The van der Waals surface area contributed by atoms with Gasteiger partial charge in [0.2, 0.25) is 0 Å². The van der Waals surface area contributed by atoms with Crippen molar-refractivity contribution in [3.05, 3.63) is 82.7 Å². The van der Waals surface area contributed by atoms with Crippen molar-refractivity contribution >= 4 is 12.0 Å². The Bertz CT molecular complexity index is 1180. The van der Waals surface area contributed by atoms with Crippen LogP contribution in [0.5, 0.6) is 11.5 Å². The third kappa shape index (κ3) is 3.10. The van der Waals surface area contributed by atoms with Gasteiger partial charge in [0, 0.05) is 23.1 Å². The number of ether oxygens (including phenoxy) is 2. The van der Waals surface area contributed by atoms with E-state index in [4.69, 9.17) is 15.2 Å². The predicted molar refractivity (Wildman–Crippen MR) is 119 cm³/mol. The Hall–Kier alpha value is -3.54.